The summed E-state index contributed by atoms with van der Waals surface area (Å²) in [6.07, 6.45) is 2.51. The summed E-state index contributed by atoms with van der Waals surface area (Å²) >= 11 is 0. The van der Waals surface area contributed by atoms with Gasteiger partial charge in [0.15, 0.2) is 0 Å². The zero-order valence-electron chi connectivity index (χ0n) is 12.1. The van der Waals surface area contributed by atoms with Gasteiger partial charge >= 0.3 is 0 Å². The Hall–Kier alpha value is -1.73. The zero-order valence-corrected chi connectivity index (χ0v) is 12.1. The van der Waals surface area contributed by atoms with Crippen molar-refractivity contribution in [3.8, 4) is 0 Å². The van der Waals surface area contributed by atoms with Crippen molar-refractivity contribution in [2.75, 3.05) is 26.7 Å². The molecule has 0 aliphatic carbocycles. The number of nitrogens with one attached hydrogen (secondary N) is 2. The van der Waals surface area contributed by atoms with Gasteiger partial charge in [-0.3, -0.25) is 19.3 Å². The van der Waals surface area contributed by atoms with E-state index in [0.717, 1.165) is 4.90 Å². The fourth-order valence-electron chi connectivity index (χ4n) is 1.61. The highest BCUT2D eigenvalue weighted by Crippen LogP contribution is 2.13. The molecule has 0 saturated heterocycles. The molecule has 7 heteroatoms. The number of rotatable bonds is 8. The average Bonchev–Trinajstić information content (AvgIpc) is 2.71. The van der Waals surface area contributed by atoms with Crippen LogP contribution in [0.25, 0.3) is 0 Å². The van der Waals surface area contributed by atoms with Crippen molar-refractivity contribution in [3.05, 3.63) is 12.2 Å². The highest BCUT2D eigenvalue weighted by atomic mass is 16.6. The van der Waals surface area contributed by atoms with Crippen molar-refractivity contribution in [1.82, 2.24) is 15.7 Å². The first-order chi connectivity index (χ1) is 9.35. The molecule has 1 aliphatic heterocycles. The number of carbonyl (C=O) groups excluding carboxylic acids is 3. The van der Waals surface area contributed by atoms with Gasteiger partial charge in [0.1, 0.15) is 0 Å². The van der Waals surface area contributed by atoms with Crippen molar-refractivity contribution in [3.63, 3.8) is 0 Å². The number of imide groups is 1. The molecule has 2 N–H and O–H groups in total. The highest BCUT2D eigenvalue weighted by molar-refractivity contribution is 6.13. The highest BCUT2D eigenvalue weighted by Gasteiger charge is 2.24. The molecule has 0 spiro atoms. The summed E-state index contributed by atoms with van der Waals surface area (Å²) in [4.78, 5) is 40.4. The van der Waals surface area contributed by atoms with Gasteiger partial charge in [0.25, 0.3) is 11.8 Å². The van der Waals surface area contributed by atoms with E-state index < -0.39 is 0 Å². The Morgan fingerprint density at radius 2 is 1.90 bits per heavy atom. The molecule has 0 bridgehead atoms. The van der Waals surface area contributed by atoms with Crippen LogP contribution in [0.1, 0.15) is 20.3 Å². The van der Waals surface area contributed by atoms with E-state index in [4.69, 9.17) is 4.84 Å². The van der Waals surface area contributed by atoms with E-state index in [1.807, 2.05) is 13.8 Å². The van der Waals surface area contributed by atoms with Crippen LogP contribution >= 0.6 is 0 Å². The molecule has 0 atom stereocenters. The Morgan fingerprint density at radius 3 is 2.45 bits per heavy atom. The molecular formula is C13H21N3O4. The van der Waals surface area contributed by atoms with Gasteiger partial charge in [0.05, 0.1) is 6.61 Å². The molecule has 1 aliphatic rings. The molecule has 0 aromatic rings. The molecule has 0 unspecified atom stereocenters. The molecule has 0 fully saturated rings. The fourth-order valence-corrected chi connectivity index (χ4v) is 1.61. The first kappa shape index (κ1) is 16.3. The van der Waals surface area contributed by atoms with Crippen LogP contribution in [0.2, 0.25) is 0 Å². The molecule has 7 nitrogen and oxygen atoms in total. The van der Waals surface area contributed by atoms with Gasteiger partial charge in [-0.05, 0) is 0 Å². The minimum atomic E-state index is -0.370. The number of nitrogens with zero attached hydrogens (tertiary/aromatic N) is 1. The largest absolute Gasteiger partial charge is 0.355 e. The monoisotopic (exact) mass is 283 g/mol. The second-order valence-electron chi connectivity index (χ2n) is 5.35. The fraction of sp³-hybridized carbons (Fsp3) is 0.615. The first-order valence-corrected chi connectivity index (χ1v) is 6.44. The van der Waals surface area contributed by atoms with E-state index in [0.29, 0.717) is 13.2 Å². The molecular weight excluding hydrogens is 262 g/mol. The molecule has 112 valence electrons. The Balaban J connectivity index is 2.27. The van der Waals surface area contributed by atoms with Gasteiger partial charge in [-0.15, -0.1) is 0 Å². The summed E-state index contributed by atoms with van der Waals surface area (Å²) in [5.74, 6) is -0.939. The second-order valence-corrected chi connectivity index (χ2v) is 5.35. The third-order valence-corrected chi connectivity index (χ3v) is 2.83. The van der Waals surface area contributed by atoms with E-state index >= 15 is 0 Å². The lowest BCUT2D eigenvalue weighted by atomic mass is 9.95. The first-order valence-electron chi connectivity index (χ1n) is 6.44. The number of amides is 3. The lowest BCUT2D eigenvalue weighted by Gasteiger charge is -2.24. The zero-order chi connectivity index (χ0) is 15.2. The van der Waals surface area contributed by atoms with Crippen molar-refractivity contribution >= 4 is 17.7 Å². The average molecular weight is 283 g/mol. The van der Waals surface area contributed by atoms with Gasteiger partial charge < -0.3 is 10.2 Å². The summed E-state index contributed by atoms with van der Waals surface area (Å²) in [6.45, 7) is 4.93. The third kappa shape index (κ3) is 5.10. The van der Waals surface area contributed by atoms with Crippen LogP contribution in [0.5, 0.6) is 0 Å². The van der Waals surface area contributed by atoms with Crippen molar-refractivity contribution < 1.29 is 19.2 Å². The van der Waals surface area contributed by atoms with Crippen LogP contribution in [0.3, 0.4) is 0 Å². The Labute approximate surface area is 118 Å². The van der Waals surface area contributed by atoms with Crippen molar-refractivity contribution in [1.29, 1.82) is 0 Å². The normalized spacial score (nSPS) is 15.1. The topological polar surface area (TPSA) is 87.7 Å². The van der Waals surface area contributed by atoms with Gasteiger partial charge in [0.2, 0.25) is 5.91 Å². The van der Waals surface area contributed by atoms with Crippen molar-refractivity contribution in [2.45, 2.75) is 20.3 Å². The standard InChI is InChI=1S/C13H21N3O4/c1-13(2,9-20-14-3)8-15-10(17)6-7-16-11(18)4-5-12(16)19/h4-5,14H,6-9H2,1-3H3,(H,15,17). The van der Waals surface area contributed by atoms with Gasteiger partial charge in [0, 0.05) is 44.1 Å². The molecule has 0 aromatic carbocycles. The minimum Gasteiger partial charge on any atom is -0.355 e. The van der Waals surface area contributed by atoms with E-state index in [1.54, 1.807) is 7.05 Å². The molecule has 0 saturated carbocycles. The molecule has 0 aromatic heterocycles. The van der Waals surface area contributed by atoms with Crippen LogP contribution in [0, 0.1) is 5.41 Å². The van der Waals surface area contributed by atoms with Crippen LogP contribution < -0.4 is 10.8 Å². The van der Waals surface area contributed by atoms with Gasteiger partial charge in [-0.25, -0.2) is 5.48 Å². The number of carbonyl (C=O) groups is 3. The van der Waals surface area contributed by atoms with Crippen LogP contribution in [0.4, 0.5) is 0 Å². The second kappa shape index (κ2) is 7.16. The molecule has 1 heterocycles. The van der Waals surface area contributed by atoms with Gasteiger partial charge in [-0.1, -0.05) is 13.8 Å². The summed E-state index contributed by atoms with van der Waals surface area (Å²) in [6, 6.07) is 0. The predicted octanol–water partition coefficient (Wildman–Crippen LogP) is -0.405. The lowest BCUT2D eigenvalue weighted by molar-refractivity contribution is -0.137. The molecule has 20 heavy (non-hydrogen) atoms. The lowest BCUT2D eigenvalue weighted by Crippen LogP contribution is -2.39. The summed E-state index contributed by atoms with van der Waals surface area (Å²) in [5, 5.41) is 2.77. The third-order valence-electron chi connectivity index (χ3n) is 2.83. The van der Waals surface area contributed by atoms with Gasteiger partial charge in [-0.2, -0.15) is 0 Å². The Morgan fingerprint density at radius 1 is 1.30 bits per heavy atom. The minimum absolute atomic E-state index is 0.0993. The number of hydrogen-bond donors (Lipinski definition) is 2. The maximum absolute atomic E-state index is 11.7. The summed E-state index contributed by atoms with van der Waals surface area (Å²) < 4.78 is 0. The van der Waals surface area contributed by atoms with Crippen molar-refractivity contribution in [2.24, 2.45) is 5.41 Å². The number of hydrogen-bond acceptors (Lipinski definition) is 5. The van der Waals surface area contributed by atoms with Crippen LogP contribution in [-0.2, 0) is 19.2 Å². The smallest absolute Gasteiger partial charge is 0.253 e. The van der Waals surface area contributed by atoms with E-state index in [1.165, 1.54) is 12.2 Å². The predicted molar refractivity (Wildman–Crippen MR) is 72.3 cm³/mol. The van der Waals surface area contributed by atoms with Crippen LogP contribution in [0.15, 0.2) is 12.2 Å². The molecule has 1 rings (SSSR count). The molecule has 3 amide bonds. The SMILES string of the molecule is CNOCC(C)(C)CNC(=O)CCN1C(=O)C=CC1=O. The van der Waals surface area contributed by atoms with E-state index in [-0.39, 0.29) is 36.1 Å². The Bertz CT molecular complexity index is 400. The maximum atomic E-state index is 11.7. The van der Waals surface area contributed by atoms with Crippen LogP contribution in [-0.4, -0.2) is 49.4 Å². The number of hydroxylamine groups is 1. The van der Waals surface area contributed by atoms with E-state index in [9.17, 15) is 14.4 Å². The van der Waals surface area contributed by atoms with E-state index in [2.05, 4.69) is 10.8 Å². The summed E-state index contributed by atoms with van der Waals surface area (Å²) in [7, 11) is 1.67. The summed E-state index contributed by atoms with van der Waals surface area (Å²) in [5.41, 5.74) is 2.37. The molecule has 0 radical (unpaired) electrons. The maximum Gasteiger partial charge on any atom is 0.253 e. The quantitative estimate of drug-likeness (QED) is 0.467. The Kier molecular flexibility index (Phi) is 5.84.